The minimum Gasteiger partial charge on any atom is -0.379 e. The zero-order valence-electron chi connectivity index (χ0n) is 10.1. The van der Waals surface area contributed by atoms with Crippen molar-refractivity contribution >= 4 is 11.6 Å². The van der Waals surface area contributed by atoms with Crippen LogP contribution in [0.1, 0.15) is 17.8 Å². The highest BCUT2D eigenvalue weighted by Gasteiger charge is 2.38. The number of nitrogens with zero attached hydrogens (tertiary/aromatic N) is 1. The van der Waals surface area contributed by atoms with Gasteiger partial charge in [-0.1, -0.05) is 0 Å². The molecule has 1 atom stereocenters. The molecule has 1 unspecified atom stereocenters. The number of anilines is 1. The number of nitrogens with two attached hydrogens (primary N) is 1. The van der Waals surface area contributed by atoms with E-state index < -0.39 is 5.54 Å². The zero-order chi connectivity index (χ0) is 12.5. The summed E-state index contributed by atoms with van der Waals surface area (Å²) in [5.74, 6) is -0.205. The van der Waals surface area contributed by atoms with Crippen molar-refractivity contribution in [2.24, 2.45) is 5.73 Å². The highest BCUT2D eigenvalue weighted by molar-refractivity contribution is 5.98. The van der Waals surface area contributed by atoms with E-state index in [0.29, 0.717) is 18.7 Å². The number of nitrogens with one attached hydrogen (secondary N) is 1. The van der Waals surface area contributed by atoms with Crippen molar-refractivity contribution in [3.05, 3.63) is 23.5 Å². The predicted octanol–water partition coefficient (Wildman–Crippen LogP) is 0.755. The second kappa shape index (κ2) is 4.43. The van der Waals surface area contributed by atoms with E-state index >= 15 is 0 Å². The summed E-state index contributed by atoms with van der Waals surface area (Å²) in [4.78, 5) is 16.3. The number of aromatic nitrogens is 1. The lowest BCUT2D eigenvalue weighted by Gasteiger charge is -2.21. The Morgan fingerprint density at radius 3 is 2.88 bits per heavy atom. The molecule has 1 fully saturated rings. The molecular formula is C12H17N3O2. The van der Waals surface area contributed by atoms with Gasteiger partial charge in [-0.3, -0.25) is 9.78 Å². The molecule has 1 aromatic rings. The van der Waals surface area contributed by atoms with Crippen molar-refractivity contribution in [3.8, 4) is 0 Å². The van der Waals surface area contributed by atoms with Crippen molar-refractivity contribution in [3.63, 3.8) is 0 Å². The quantitative estimate of drug-likeness (QED) is 0.793. The van der Waals surface area contributed by atoms with Gasteiger partial charge in [0.2, 0.25) is 5.91 Å². The van der Waals surface area contributed by atoms with Crippen LogP contribution in [0.3, 0.4) is 0 Å². The standard InChI is InChI=1S/C12H17N3O2/c1-8-3-4-10(9(2)14-8)15-11(16)12(13)5-6-17-7-12/h3-4H,5-7,13H2,1-2H3,(H,15,16). The Balaban J connectivity index is 2.13. The minimum atomic E-state index is -0.905. The Bertz CT molecular complexity index is 439. The van der Waals surface area contributed by atoms with Crippen LogP contribution < -0.4 is 11.1 Å². The fraction of sp³-hybridized carbons (Fsp3) is 0.500. The van der Waals surface area contributed by atoms with E-state index in [1.54, 1.807) is 0 Å². The molecule has 17 heavy (non-hydrogen) atoms. The molecule has 0 radical (unpaired) electrons. The zero-order valence-corrected chi connectivity index (χ0v) is 10.1. The van der Waals surface area contributed by atoms with Crippen LogP contribution in [-0.4, -0.2) is 29.6 Å². The topological polar surface area (TPSA) is 77.2 Å². The Kier molecular flexibility index (Phi) is 3.13. The first-order valence-electron chi connectivity index (χ1n) is 5.64. The molecule has 0 aromatic carbocycles. The maximum absolute atomic E-state index is 12.0. The number of amides is 1. The Hall–Kier alpha value is -1.46. The number of carbonyl (C=O) groups excluding carboxylic acids is 1. The van der Waals surface area contributed by atoms with E-state index in [-0.39, 0.29) is 12.5 Å². The number of aryl methyl sites for hydroxylation is 2. The normalized spacial score (nSPS) is 23.7. The molecular weight excluding hydrogens is 218 g/mol. The van der Waals surface area contributed by atoms with Gasteiger partial charge in [0.25, 0.3) is 0 Å². The molecule has 5 nitrogen and oxygen atoms in total. The molecule has 2 heterocycles. The van der Waals surface area contributed by atoms with Crippen LogP contribution in [0.25, 0.3) is 0 Å². The van der Waals surface area contributed by atoms with Gasteiger partial charge in [-0.15, -0.1) is 0 Å². The van der Waals surface area contributed by atoms with Gasteiger partial charge >= 0.3 is 0 Å². The van der Waals surface area contributed by atoms with Gasteiger partial charge in [0.05, 0.1) is 18.0 Å². The summed E-state index contributed by atoms with van der Waals surface area (Å²) < 4.78 is 5.17. The third kappa shape index (κ3) is 2.45. The number of pyridine rings is 1. The van der Waals surface area contributed by atoms with Crippen LogP contribution in [0.15, 0.2) is 12.1 Å². The number of ether oxygens (including phenoxy) is 1. The lowest BCUT2D eigenvalue weighted by Crippen LogP contribution is -2.51. The van der Waals surface area contributed by atoms with Gasteiger partial charge in [0, 0.05) is 12.3 Å². The molecule has 1 amide bonds. The van der Waals surface area contributed by atoms with Crippen molar-refractivity contribution in [1.82, 2.24) is 4.98 Å². The monoisotopic (exact) mass is 235 g/mol. The molecule has 2 rings (SSSR count). The Labute approximate surface area is 100 Å². The van der Waals surface area contributed by atoms with Crippen LogP contribution >= 0.6 is 0 Å². The van der Waals surface area contributed by atoms with Crippen LogP contribution in [-0.2, 0) is 9.53 Å². The molecule has 5 heteroatoms. The summed E-state index contributed by atoms with van der Waals surface area (Å²) in [6.07, 6.45) is 0.553. The van der Waals surface area contributed by atoms with E-state index in [1.165, 1.54) is 0 Å². The fourth-order valence-corrected chi connectivity index (χ4v) is 1.83. The average molecular weight is 235 g/mol. The van der Waals surface area contributed by atoms with E-state index in [0.717, 1.165) is 11.4 Å². The Morgan fingerprint density at radius 2 is 2.29 bits per heavy atom. The van der Waals surface area contributed by atoms with Crippen molar-refractivity contribution in [2.75, 3.05) is 18.5 Å². The first kappa shape index (κ1) is 12.0. The summed E-state index contributed by atoms with van der Waals surface area (Å²) in [6.45, 7) is 4.58. The number of rotatable bonds is 2. The first-order chi connectivity index (χ1) is 8.01. The maximum Gasteiger partial charge on any atom is 0.246 e. The molecule has 1 saturated heterocycles. The van der Waals surface area contributed by atoms with Crippen molar-refractivity contribution in [1.29, 1.82) is 0 Å². The molecule has 0 saturated carbocycles. The predicted molar refractivity (Wildman–Crippen MR) is 64.7 cm³/mol. The molecule has 1 aliphatic heterocycles. The van der Waals surface area contributed by atoms with Crippen LogP contribution in [0.4, 0.5) is 5.69 Å². The van der Waals surface area contributed by atoms with Gasteiger partial charge in [0.1, 0.15) is 5.54 Å². The van der Waals surface area contributed by atoms with Crippen molar-refractivity contribution < 1.29 is 9.53 Å². The number of hydrogen-bond donors (Lipinski definition) is 2. The molecule has 0 bridgehead atoms. The largest absolute Gasteiger partial charge is 0.379 e. The molecule has 0 spiro atoms. The second-order valence-electron chi connectivity index (χ2n) is 4.50. The second-order valence-corrected chi connectivity index (χ2v) is 4.50. The lowest BCUT2D eigenvalue weighted by atomic mass is 9.99. The summed E-state index contributed by atoms with van der Waals surface area (Å²) in [7, 11) is 0. The van der Waals surface area contributed by atoms with Crippen LogP contribution in [0.2, 0.25) is 0 Å². The van der Waals surface area contributed by atoms with Crippen molar-refractivity contribution in [2.45, 2.75) is 25.8 Å². The van der Waals surface area contributed by atoms with Crippen LogP contribution in [0, 0.1) is 13.8 Å². The van der Waals surface area contributed by atoms with E-state index in [9.17, 15) is 4.79 Å². The molecule has 0 aliphatic carbocycles. The third-order valence-corrected chi connectivity index (χ3v) is 2.98. The average Bonchev–Trinajstić information content (AvgIpc) is 2.71. The SMILES string of the molecule is Cc1ccc(NC(=O)C2(N)CCOC2)c(C)n1. The van der Waals surface area contributed by atoms with Gasteiger partial charge in [-0.25, -0.2) is 0 Å². The van der Waals surface area contributed by atoms with Gasteiger partial charge in [-0.05, 0) is 32.4 Å². The van der Waals surface area contributed by atoms with E-state index in [4.69, 9.17) is 10.5 Å². The fourth-order valence-electron chi connectivity index (χ4n) is 1.83. The summed E-state index contributed by atoms with van der Waals surface area (Å²) in [5, 5.41) is 2.81. The smallest absolute Gasteiger partial charge is 0.246 e. The summed E-state index contributed by atoms with van der Waals surface area (Å²) in [6, 6.07) is 3.70. The van der Waals surface area contributed by atoms with Gasteiger partial charge in [-0.2, -0.15) is 0 Å². The van der Waals surface area contributed by atoms with Gasteiger partial charge < -0.3 is 15.8 Å². The minimum absolute atomic E-state index is 0.205. The highest BCUT2D eigenvalue weighted by Crippen LogP contribution is 2.19. The molecule has 92 valence electrons. The summed E-state index contributed by atoms with van der Waals surface area (Å²) >= 11 is 0. The first-order valence-corrected chi connectivity index (χ1v) is 5.64. The molecule has 3 N–H and O–H groups in total. The molecule has 1 aliphatic rings. The summed E-state index contributed by atoms with van der Waals surface area (Å²) in [5.41, 5.74) is 7.49. The third-order valence-electron chi connectivity index (χ3n) is 2.98. The Morgan fingerprint density at radius 1 is 1.53 bits per heavy atom. The van der Waals surface area contributed by atoms with Crippen LogP contribution in [0.5, 0.6) is 0 Å². The molecule has 1 aromatic heterocycles. The van der Waals surface area contributed by atoms with E-state index in [1.807, 2.05) is 26.0 Å². The number of carbonyl (C=O) groups is 1. The number of hydrogen-bond acceptors (Lipinski definition) is 4. The highest BCUT2D eigenvalue weighted by atomic mass is 16.5. The lowest BCUT2D eigenvalue weighted by molar-refractivity contribution is -0.121. The maximum atomic E-state index is 12.0. The van der Waals surface area contributed by atoms with E-state index in [2.05, 4.69) is 10.3 Å². The van der Waals surface area contributed by atoms with Gasteiger partial charge in [0.15, 0.2) is 0 Å².